The highest BCUT2D eigenvalue weighted by Gasteiger charge is 2.50. The quantitative estimate of drug-likeness (QED) is 0.209. The average Bonchev–Trinajstić information content (AvgIpc) is 3.73. The summed E-state index contributed by atoms with van der Waals surface area (Å²) in [7, 11) is 0. The predicted molar refractivity (Wildman–Crippen MR) is 203 cm³/mol. The molecule has 3 aliphatic rings. The van der Waals surface area contributed by atoms with E-state index in [4.69, 9.17) is 4.42 Å². The minimum atomic E-state index is -0.439. The van der Waals surface area contributed by atoms with E-state index in [1.54, 1.807) is 0 Å². The van der Waals surface area contributed by atoms with E-state index < -0.39 is 5.41 Å². The van der Waals surface area contributed by atoms with Crippen molar-refractivity contribution in [2.75, 3.05) is 5.32 Å². The molecule has 0 fully saturated rings. The Morgan fingerprint density at radius 3 is 2.16 bits per heavy atom. The van der Waals surface area contributed by atoms with Crippen molar-refractivity contribution in [3.63, 3.8) is 0 Å². The first-order valence-electron chi connectivity index (χ1n) is 17.5. The van der Waals surface area contributed by atoms with Crippen LogP contribution in [0.4, 0.5) is 5.69 Å². The van der Waals surface area contributed by atoms with Gasteiger partial charge in [0.25, 0.3) is 0 Å². The molecule has 49 heavy (non-hydrogen) atoms. The first-order chi connectivity index (χ1) is 24.0. The van der Waals surface area contributed by atoms with E-state index in [2.05, 4.69) is 172 Å². The van der Waals surface area contributed by atoms with Crippen LogP contribution in [-0.4, -0.2) is 0 Å². The lowest BCUT2D eigenvalue weighted by molar-refractivity contribution is 0.565. The van der Waals surface area contributed by atoms with Crippen LogP contribution in [0, 0.1) is 5.92 Å². The van der Waals surface area contributed by atoms with Gasteiger partial charge in [-0.05, 0) is 86.7 Å². The van der Waals surface area contributed by atoms with Gasteiger partial charge in [0.2, 0.25) is 0 Å². The molecule has 1 heterocycles. The second kappa shape index (κ2) is 10.2. The Morgan fingerprint density at radius 1 is 0.612 bits per heavy atom. The SMILES string of the molecule is CC1CC(Nc2ccc3c(c2)C(C)(C)c2ccccc2-3)=CC=C1C1(c2ccccc2)c2ccccc2-c2c1ccc1c2oc2ccccc21. The first-order valence-corrected chi connectivity index (χ1v) is 17.5. The number of fused-ring (bicyclic) bond motifs is 10. The molecule has 0 bridgehead atoms. The van der Waals surface area contributed by atoms with Crippen LogP contribution < -0.4 is 5.32 Å². The molecule has 6 aromatic carbocycles. The highest BCUT2D eigenvalue weighted by molar-refractivity contribution is 6.12. The van der Waals surface area contributed by atoms with Crippen molar-refractivity contribution in [2.45, 2.75) is 38.0 Å². The number of hydrogen-bond donors (Lipinski definition) is 1. The largest absolute Gasteiger partial charge is 0.455 e. The van der Waals surface area contributed by atoms with Crippen LogP contribution in [0.5, 0.6) is 0 Å². The van der Waals surface area contributed by atoms with E-state index in [1.807, 2.05) is 0 Å². The number of nitrogens with one attached hydrogen (secondary N) is 1. The third kappa shape index (κ3) is 3.83. The molecule has 7 aromatic rings. The van der Waals surface area contributed by atoms with Crippen molar-refractivity contribution >= 4 is 27.6 Å². The van der Waals surface area contributed by atoms with Crippen LogP contribution in [0.15, 0.2) is 161 Å². The molecule has 2 heteroatoms. The summed E-state index contributed by atoms with van der Waals surface area (Å²) in [6.07, 6.45) is 5.66. The number of hydrogen-bond acceptors (Lipinski definition) is 2. The Labute approximate surface area is 287 Å². The molecule has 2 unspecified atom stereocenters. The lowest BCUT2D eigenvalue weighted by Crippen LogP contribution is -2.34. The fraction of sp³-hybridized carbons (Fsp3) is 0.149. The molecule has 10 rings (SSSR count). The van der Waals surface area contributed by atoms with E-state index >= 15 is 0 Å². The Hall–Kier alpha value is -5.60. The normalized spacial score (nSPS) is 19.9. The summed E-state index contributed by atoms with van der Waals surface area (Å²) in [4.78, 5) is 0. The zero-order chi connectivity index (χ0) is 32.9. The predicted octanol–water partition coefficient (Wildman–Crippen LogP) is 12.2. The lowest BCUT2D eigenvalue weighted by atomic mass is 9.62. The van der Waals surface area contributed by atoms with Crippen LogP contribution in [0.2, 0.25) is 0 Å². The van der Waals surface area contributed by atoms with Gasteiger partial charge in [-0.3, -0.25) is 0 Å². The zero-order valence-corrected chi connectivity index (χ0v) is 28.0. The summed E-state index contributed by atoms with van der Waals surface area (Å²) in [5.41, 5.74) is 17.1. The molecule has 0 radical (unpaired) electrons. The molecular weight excluding hydrogens is 595 g/mol. The molecule has 3 aliphatic carbocycles. The van der Waals surface area contributed by atoms with Gasteiger partial charge in [-0.15, -0.1) is 0 Å². The smallest absolute Gasteiger partial charge is 0.143 e. The van der Waals surface area contributed by atoms with Gasteiger partial charge >= 0.3 is 0 Å². The summed E-state index contributed by atoms with van der Waals surface area (Å²) >= 11 is 0. The van der Waals surface area contributed by atoms with Gasteiger partial charge in [0.1, 0.15) is 11.2 Å². The van der Waals surface area contributed by atoms with E-state index in [1.165, 1.54) is 66.7 Å². The van der Waals surface area contributed by atoms with Crippen LogP contribution in [0.3, 0.4) is 0 Å². The zero-order valence-electron chi connectivity index (χ0n) is 28.0. The van der Waals surface area contributed by atoms with Gasteiger partial charge in [0.05, 0.1) is 5.41 Å². The van der Waals surface area contributed by atoms with Gasteiger partial charge in [0.15, 0.2) is 0 Å². The monoisotopic (exact) mass is 631 g/mol. The Morgan fingerprint density at radius 2 is 1.33 bits per heavy atom. The van der Waals surface area contributed by atoms with Crippen LogP contribution in [0.1, 0.15) is 55.0 Å². The number of para-hydroxylation sites is 1. The first kappa shape index (κ1) is 28.4. The van der Waals surface area contributed by atoms with Crippen molar-refractivity contribution in [3.05, 3.63) is 185 Å². The summed E-state index contributed by atoms with van der Waals surface area (Å²) in [6.45, 7) is 7.09. The second-order valence-electron chi connectivity index (χ2n) is 14.6. The number of rotatable bonds is 4. The average molecular weight is 632 g/mol. The topological polar surface area (TPSA) is 25.2 Å². The summed E-state index contributed by atoms with van der Waals surface area (Å²) in [5.74, 6) is 0.285. The number of anilines is 1. The second-order valence-corrected chi connectivity index (χ2v) is 14.6. The fourth-order valence-electron chi connectivity index (χ4n) is 9.44. The van der Waals surface area contributed by atoms with Gasteiger partial charge in [0, 0.05) is 33.1 Å². The molecule has 0 aliphatic heterocycles. The maximum atomic E-state index is 6.70. The molecular formula is C47H37NO. The minimum Gasteiger partial charge on any atom is -0.455 e. The van der Waals surface area contributed by atoms with Crippen LogP contribution >= 0.6 is 0 Å². The van der Waals surface area contributed by atoms with Crippen molar-refractivity contribution in [3.8, 4) is 22.3 Å². The highest BCUT2D eigenvalue weighted by Crippen LogP contribution is 2.60. The highest BCUT2D eigenvalue weighted by atomic mass is 16.3. The molecule has 1 aromatic heterocycles. The molecule has 2 atom stereocenters. The molecule has 2 nitrogen and oxygen atoms in total. The summed E-state index contributed by atoms with van der Waals surface area (Å²) < 4.78 is 6.70. The van der Waals surface area contributed by atoms with Crippen molar-refractivity contribution < 1.29 is 4.42 Å². The Balaban J connectivity index is 1.13. The van der Waals surface area contributed by atoms with Crippen molar-refractivity contribution in [2.24, 2.45) is 5.92 Å². The molecule has 0 saturated carbocycles. The summed E-state index contributed by atoms with van der Waals surface area (Å²) in [5, 5.41) is 6.18. The summed E-state index contributed by atoms with van der Waals surface area (Å²) in [6, 6.07) is 48.9. The fourth-order valence-corrected chi connectivity index (χ4v) is 9.44. The van der Waals surface area contributed by atoms with Gasteiger partial charge in [-0.2, -0.15) is 0 Å². The lowest BCUT2D eigenvalue weighted by Gasteiger charge is -2.40. The van der Waals surface area contributed by atoms with Gasteiger partial charge in [-0.25, -0.2) is 0 Å². The van der Waals surface area contributed by atoms with Crippen LogP contribution in [0.25, 0.3) is 44.2 Å². The Kier molecular flexibility index (Phi) is 5.92. The van der Waals surface area contributed by atoms with E-state index in [9.17, 15) is 0 Å². The number of allylic oxidation sites excluding steroid dienone is 4. The molecule has 236 valence electrons. The third-order valence-electron chi connectivity index (χ3n) is 11.6. The minimum absolute atomic E-state index is 0.0263. The standard InChI is InChI=1S/C47H37NO/c1-29-27-31(48-32-21-23-34-33-15-7-10-18-39(33)46(2,3)42(34)28-32)22-25-38(29)47(30-13-5-4-6-14-30)40-19-11-8-17-37(40)44-41(47)26-24-36-35-16-9-12-20-43(35)49-45(36)44/h4-26,28-29,48H,27H2,1-3H3. The van der Waals surface area contributed by atoms with E-state index in [-0.39, 0.29) is 11.3 Å². The maximum absolute atomic E-state index is 6.70. The van der Waals surface area contributed by atoms with Gasteiger partial charge < -0.3 is 9.73 Å². The Bertz CT molecular complexity index is 2550. The molecule has 0 amide bonds. The van der Waals surface area contributed by atoms with E-state index in [0.29, 0.717) is 0 Å². The van der Waals surface area contributed by atoms with Crippen molar-refractivity contribution in [1.82, 2.24) is 0 Å². The van der Waals surface area contributed by atoms with Crippen molar-refractivity contribution in [1.29, 1.82) is 0 Å². The van der Waals surface area contributed by atoms with Gasteiger partial charge in [-0.1, -0.05) is 142 Å². The molecule has 0 spiro atoms. The molecule has 1 N–H and O–H groups in total. The number of benzene rings is 6. The molecule has 0 saturated heterocycles. The number of furan rings is 1. The van der Waals surface area contributed by atoms with Crippen LogP contribution in [-0.2, 0) is 10.8 Å². The van der Waals surface area contributed by atoms with E-state index in [0.717, 1.165) is 28.7 Å². The maximum Gasteiger partial charge on any atom is 0.143 e. The third-order valence-corrected chi connectivity index (χ3v) is 11.6.